The number of hydrogen-bond donors (Lipinski definition) is 1. The van der Waals surface area contributed by atoms with Crippen molar-refractivity contribution in [3.63, 3.8) is 0 Å². The first-order chi connectivity index (χ1) is 7.79. The number of aryl methyl sites for hydroxylation is 1. The molecule has 0 aliphatic heterocycles. The number of aliphatic hydroxyl groups is 1. The van der Waals surface area contributed by atoms with Gasteiger partial charge in [-0.3, -0.25) is 0 Å². The lowest BCUT2D eigenvalue weighted by Crippen LogP contribution is -1.98. The second-order valence-electron chi connectivity index (χ2n) is 4.28. The summed E-state index contributed by atoms with van der Waals surface area (Å²) in [5, 5.41) is 9.45. The first-order valence-corrected chi connectivity index (χ1v) is 5.98. The molecule has 1 N–H and O–H groups in total. The largest absolute Gasteiger partial charge is 0.512 e. The van der Waals surface area contributed by atoms with Crippen molar-refractivity contribution in [2.45, 2.75) is 32.6 Å². The van der Waals surface area contributed by atoms with Crippen molar-refractivity contribution in [1.29, 1.82) is 0 Å². The van der Waals surface area contributed by atoms with E-state index in [1.54, 1.807) is 0 Å². The van der Waals surface area contributed by atoms with Gasteiger partial charge in [-0.2, -0.15) is 0 Å². The Balaban J connectivity index is 2.20. The zero-order valence-corrected chi connectivity index (χ0v) is 9.74. The summed E-state index contributed by atoms with van der Waals surface area (Å²) >= 11 is 0. The van der Waals surface area contributed by atoms with Gasteiger partial charge in [-0.05, 0) is 35.6 Å². The van der Waals surface area contributed by atoms with Crippen LogP contribution in [0.15, 0.2) is 30.0 Å². The van der Waals surface area contributed by atoms with Crippen LogP contribution in [-0.2, 0) is 6.42 Å². The second-order valence-corrected chi connectivity index (χ2v) is 4.28. The molecule has 1 nitrogen and oxygen atoms in total. The number of aliphatic hydroxyl groups excluding tert-OH is 1. The summed E-state index contributed by atoms with van der Waals surface area (Å²) in [6.07, 6.45) is 10.3. The number of hydrogen-bond acceptors (Lipinski definition) is 1. The van der Waals surface area contributed by atoms with Crippen molar-refractivity contribution in [3.8, 4) is 0 Å². The van der Waals surface area contributed by atoms with Crippen LogP contribution >= 0.6 is 0 Å². The molecule has 0 saturated heterocycles. The van der Waals surface area contributed by atoms with Crippen LogP contribution in [0.1, 0.15) is 42.9 Å². The average molecular weight is 214 g/mol. The molecule has 0 heterocycles. The van der Waals surface area contributed by atoms with E-state index in [4.69, 9.17) is 0 Å². The van der Waals surface area contributed by atoms with Crippen molar-refractivity contribution in [1.82, 2.24) is 0 Å². The number of fused-ring (bicyclic) bond motifs is 1. The molecule has 1 aliphatic carbocycles. The third-order valence-electron chi connectivity index (χ3n) is 2.91. The fourth-order valence-electron chi connectivity index (χ4n) is 1.99. The zero-order chi connectivity index (χ0) is 11.4. The fourth-order valence-corrected chi connectivity index (χ4v) is 1.99. The van der Waals surface area contributed by atoms with Crippen molar-refractivity contribution in [3.05, 3.63) is 46.7 Å². The summed E-state index contributed by atoms with van der Waals surface area (Å²) in [7, 11) is 0. The highest BCUT2D eigenvalue weighted by atomic mass is 16.3. The molecular formula is C15H18O. The second kappa shape index (κ2) is 5.02. The van der Waals surface area contributed by atoms with Gasteiger partial charge in [0, 0.05) is 6.42 Å². The third kappa shape index (κ3) is 2.54. The predicted molar refractivity (Wildman–Crippen MR) is 69.3 cm³/mol. The van der Waals surface area contributed by atoms with Gasteiger partial charge in [-0.1, -0.05) is 43.7 Å². The summed E-state index contributed by atoms with van der Waals surface area (Å²) in [4.78, 5) is 0. The molecular weight excluding hydrogens is 196 g/mol. The van der Waals surface area contributed by atoms with E-state index < -0.39 is 0 Å². The van der Waals surface area contributed by atoms with Crippen LogP contribution in [0.2, 0.25) is 0 Å². The van der Waals surface area contributed by atoms with Crippen LogP contribution in [0.5, 0.6) is 0 Å². The summed E-state index contributed by atoms with van der Waals surface area (Å²) in [5.74, 6) is 0.502. The molecule has 0 aromatic heterocycles. The SMILES string of the molecule is CCC/C=C\c1ccc2c(c1)CCC(O)=C2. The molecule has 0 radical (unpaired) electrons. The van der Waals surface area contributed by atoms with Gasteiger partial charge in [-0.15, -0.1) is 0 Å². The molecule has 1 heteroatoms. The van der Waals surface area contributed by atoms with E-state index in [1.165, 1.54) is 17.5 Å². The number of rotatable bonds is 3. The third-order valence-corrected chi connectivity index (χ3v) is 2.91. The first-order valence-electron chi connectivity index (χ1n) is 5.98. The van der Waals surface area contributed by atoms with Crippen molar-refractivity contribution in [2.75, 3.05) is 0 Å². The Bertz CT molecular complexity index is 427. The highest BCUT2D eigenvalue weighted by Crippen LogP contribution is 2.24. The predicted octanol–water partition coefficient (Wildman–Crippen LogP) is 4.35. The van der Waals surface area contributed by atoms with Crippen LogP contribution in [0.25, 0.3) is 12.2 Å². The minimum Gasteiger partial charge on any atom is -0.512 e. The molecule has 1 aromatic rings. The maximum atomic E-state index is 9.45. The molecule has 0 saturated carbocycles. The summed E-state index contributed by atoms with van der Waals surface area (Å²) < 4.78 is 0. The van der Waals surface area contributed by atoms with Crippen LogP contribution in [0.3, 0.4) is 0 Å². The Morgan fingerprint density at radius 2 is 2.19 bits per heavy atom. The van der Waals surface area contributed by atoms with Crippen LogP contribution in [0.4, 0.5) is 0 Å². The van der Waals surface area contributed by atoms with Crippen LogP contribution < -0.4 is 0 Å². The molecule has 1 aliphatic rings. The molecule has 1 aromatic carbocycles. The minimum atomic E-state index is 0.502. The van der Waals surface area contributed by atoms with E-state index in [1.807, 2.05) is 6.08 Å². The minimum absolute atomic E-state index is 0.502. The van der Waals surface area contributed by atoms with Gasteiger partial charge in [-0.25, -0.2) is 0 Å². The monoisotopic (exact) mass is 214 g/mol. The molecule has 16 heavy (non-hydrogen) atoms. The van der Waals surface area contributed by atoms with E-state index in [-0.39, 0.29) is 0 Å². The summed E-state index contributed by atoms with van der Waals surface area (Å²) in [6, 6.07) is 6.43. The summed E-state index contributed by atoms with van der Waals surface area (Å²) in [6.45, 7) is 2.19. The Hall–Kier alpha value is -1.50. The number of benzene rings is 1. The fraction of sp³-hybridized carbons (Fsp3) is 0.333. The maximum Gasteiger partial charge on any atom is 0.0932 e. The lowest BCUT2D eigenvalue weighted by atomic mass is 9.94. The zero-order valence-electron chi connectivity index (χ0n) is 9.74. The Morgan fingerprint density at radius 3 is 3.00 bits per heavy atom. The van der Waals surface area contributed by atoms with Gasteiger partial charge in [0.2, 0.25) is 0 Å². The van der Waals surface area contributed by atoms with E-state index in [9.17, 15) is 5.11 Å². The molecule has 84 valence electrons. The molecule has 2 rings (SSSR count). The highest BCUT2D eigenvalue weighted by Gasteiger charge is 2.08. The number of unbranched alkanes of at least 4 members (excludes halogenated alkanes) is 1. The van der Waals surface area contributed by atoms with E-state index in [2.05, 4.69) is 37.3 Å². The van der Waals surface area contributed by atoms with Gasteiger partial charge >= 0.3 is 0 Å². The standard InChI is InChI=1S/C15H18O/c1-2-3-4-5-12-6-7-14-11-15(16)9-8-13(14)10-12/h4-7,10-11,16H,2-3,8-9H2,1H3/b5-4-. The van der Waals surface area contributed by atoms with E-state index >= 15 is 0 Å². The molecule has 0 atom stereocenters. The van der Waals surface area contributed by atoms with Gasteiger partial charge < -0.3 is 5.11 Å². The van der Waals surface area contributed by atoms with Crippen LogP contribution in [-0.4, -0.2) is 5.11 Å². The van der Waals surface area contributed by atoms with Gasteiger partial charge in [0.15, 0.2) is 0 Å². The van der Waals surface area contributed by atoms with Gasteiger partial charge in [0.05, 0.1) is 5.76 Å². The van der Waals surface area contributed by atoms with Gasteiger partial charge in [0.25, 0.3) is 0 Å². The van der Waals surface area contributed by atoms with Gasteiger partial charge in [0.1, 0.15) is 0 Å². The van der Waals surface area contributed by atoms with E-state index in [0.717, 1.165) is 24.8 Å². The van der Waals surface area contributed by atoms with Crippen molar-refractivity contribution < 1.29 is 5.11 Å². The average Bonchev–Trinajstić information content (AvgIpc) is 2.29. The quantitative estimate of drug-likeness (QED) is 0.793. The number of allylic oxidation sites excluding steroid dienone is 2. The normalized spacial score (nSPS) is 14.9. The molecule has 0 amide bonds. The Kier molecular flexibility index (Phi) is 3.45. The van der Waals surface area contributed by atoms with Crippen molar-refractivity contribution in [2.24, 2.45) is 0 Å². The first kappa shape index (κ1) is 11.0. The highest BCUT2D eigenvalue weighted by molar-refractivity contribution is 5.62. The lowest BCUT2D eigenvalue weighted by molar-refractivity contribution is 0.391. The molecule has 0 bridgehead atoms. The Labute approximate surface area is 97.1 Å². The maximum absolute atomic E-state index is 9.45. The lowest BCUT2D eigenvalue weighted by Gasteiger charge is -2.13. The molecule has 0 fully saturated rings. The molecule has 0 unspecified atom stereocenters. The summed E-state index contributed by atoms with van der Waals surface area (Å²) in [5.41, 5.74) is 3.77. The van der Waals surface area contributed by atoms with E-state index in [0.29, 0.717) is 5.76 Å². The smallest absolute Gasteiger partial charge is 0.0932 e. The Morgan fingerprint density at radius 1 is 1.31 bits per heavy atom. The topological polar surface area (TPSA) is 20.2 Å². The molecule has 0 spiro atoms. The van der Waals surface area contributed by atoms with Crippen LogP contribution in [0, 0.1) is 0 Å². The van der Waals surface area contributed by atoms with Crippen molar-refractivity contribution >= 4 is 12.2 Å².